The molecule has 0 aliphatic carbocycles. The van der Waals surface area contributed by atoms with Crippen LogP contribution in [0.5, 0.6) is 0 Å². The summed E-state index contributed by atoms with van der Waals surface area (Å²) in [6, 6.07) is 22.6. The van der Waals surface area contributed by atoms with Gasteiger partial charge in [-0.15, -0.1) is 0 Å². The number of amides is 1. The molecule has 1 aromatic heterocycles. The third kappa shape index (κ3) is 3.89. The van der Waals surface area contributed by atoms with Gasteiger partial charge in [0.2, 0.25) is 5.91 Å². The second-order valence-electron chi connectivity index (χ2n) is 8.41. The summed E-state index contributed by atoms with van der Waals surface area (Å²) in [7, 11) is -3.35. The predicted molar refractivity (Wildman–Crippen MR) is 129 cm³/mol. The zero-order valence-corrected chi connectivity index (χ0v) is 19.0. The van der Waals surface area contributed by atoms with Crippen molar-refractivity contribution < 1.29 is 13.2 Å². The van der Waals surface area contributed by atoms with E-state index in [1.54, 1.807) is 38.2 Å². The predicted octanol–water partition coefficient (Wildman–Crippen LogP) is 4.95. The van der Waals surface area contributed by atoms with E-state index in [1.807, 2.05) is 54.6 Å². The van der Waals surface area contributed by atoms with Gasteiger partial charge in [-0.3, -0.25) is 9.78 Å². The smallest absolute Gasteiger partial charge is 0.248 e. The Morgan fingerprint density at radius 3 is 2.22 bits per heavy atom. The van der Waals surface area contributed by atoms with Crippen LogP contribution in [-0.4, -0.2) is 25.6 Å². The Bertz CT molecular complexity index is 1460. The molecular weight excluding hydrogens is 420 g/mol. The van der Waals surface area contributed by atoms with E-state index in [0.717, 1.165) is 33.2 Å². The number of benzene rings is 3. The number of aromatic nitrogens is 1. The van der Waals surface area contributed by atoms with E-state index in [1.165, 1.54) is 6.26 Å². The molecule has 1 heterocycles. The molecule has 0 unspecified atom stereocenters. The first-order valence-corrected chi connectivity index (χ1v) is 12.1. The van der Waals surface area contributed by atoms with Gasteiger partial charge in [-0.1, -0.05) is 36.4 Å². The number of hydrogen-bond acceptors (Lipinski definition) is 4. The van der Waals surface area contributed by atoms with Crippen LogP contribution >= 0.6 is 0 Å². The molecule has 0 fully saturated rings. The van der Waals surface area contributed by atoms with Gasteiger partial charge < -0.3 is 5.73 Å². The molecule has 2 N–H and O–H groups in total. The van der Waals surface area contributed by atoms with Crippen LogP contribution < -0.4 is 5.73 Å². The Morgan fingerprint density at radius 2 is 1.53 bits per heavy atom. The fraction of sp³-hybridized carbons (Fsp3) is 0.154. The second kappa shape index (κ2) is 7.88. The Morgan fingerprint density at radius 1 is 0.875 bits per heavy atom. The molecule has 6 heteroatoms. The summed E-state index contributed by atoms with van der Waals surface area (Å²) >= 11 is 0. The van der Waals surface area contributed by atoms with Crippen molar-refractivity contribution in [1.29, 1.82) is 0 Å². The van der Waals surface area contributed by atoms with Gasteiger partial charge in [0, 0.05) is 29.0 Å². The highest BCUT2D eigenvalue weighted by Crippen LogP contribution is 2.37. The van der Waals surface area contributed by atoms with E-state index in [4.69, 9.17) is 5.73 Å². The topological polar surface area (TPSA) is 90.1 Å². The molecule has 0 saturated heterocycles. The average molecular weight is 445 g/mol. The number of fused-ring (bicyclic) bond motifs is 1. The molecule has 3 aromatic carbocycles. The van der Waals surface area contributed by atoms with Crippen molar-refractivity contribution in [2.45, 2.75) is 18.6 Å². The first-order valence-electron chi connectivity index (χ1n) is 10.2. The number of hydrogen-bond donors (Lipinski definition) is 1. The van der Waals surface area contributed by atoms with E-state index in [-0.39, 0.29) is 0 Å². The minimum atomic E-state index is -3.35. The first kappa shape index (κ1) is 21.7. The Kier molecular flexibility index (Phi) is 5.34. The fourth-order valence-electron chi connectivity index (χ4n) is 3.69. The van der Waals surface area contributed by atoms with Crippen LogP contribution in [0.15, 0.2) is 79.0 Å². The van der Waals surface area contributed by atoms with Crippen molar-refractivity contribution >= 4 is 26.6 Å². The van der Waals surface area contributed by atoms with E-state index in [9.17, 15) is 13.2 Å². The summed E-state index contributed by atoms with van der Waals surface area (Å²) in [5.41, 5.74) is 10.9. The van der Waals surface area contributed by atoms with Gasteiger partial charge >= 0.3 is 0 Å². The zero-order chi connectivity index (χ0) is 23.1. The molecule has 32 heavy (non-hydrogen) atoms. The van der Waals surface area contributed by atoms with Crippen LogP contribution in [0, 0.1) is 0 Å². The second-order valence-corrected chi connectivity index (χ2v) is 11.0. The highest BCUT2D eigenvalue weighted by Gasteiger charge is 2.33. The van der Waals surface area contributed by atoms with Crippen LogP contribution in [0.1, 0.15) is 29.8 Å². The normalized spacial score (nSPS) is 12.1. The SMILES string of the molecule is CC(C)(c1cc(-c2cccc(-c3cccc(C(N)=O)c3)c2)c2ncccc2c1)S(C)(=O)=O. The van der Waals surface area contributed by atoms with E-state index < -0.39 is 20.5 Å². The third-order valence-corrected chi connectivity index (χ3v) is 8.07. The lowest BCUT2D eigenvalue weighted by molar-refractivity contribution is 0.100. The van der Waals surface area contributed by atoms with Crippen molar-refractivity contribution in [3.05, 3.63) is 90.1 Å². The largest absolute Gasteiger partial charge is 0.366 e. The van der Waals surface area contributed by atoms with Crippen LogP contribution in [0.3, 0.4) is 0 Å². The Balaban J connectivity index is 1.94. The number of carbonyl (C=O) groups excluding carboxylic acids is 1. The summed E-state index contributed by atoms with van der Waals surface area (Å²) in [4.78, 5) is 16.2. The number of carbonyl (C=O) groups is 1. The maximum Gasteiger partial charge on any atom is 0.248 e. The summed E-state index contributed by atoms with van der Waals surface area (Å²) < 4.78 is 24.0. The fourth-order valence-corrected chi connectivity index (χ4v) is 4.24. The molecule has 0 spiro atoms. The number of sulfone groups is 1. The summed E-state index contributed by atoms with van der Waals surface area (Å²) in [6.45, 7) is 3.44. The van der Waals surface area contributed by atoms with Crippen molar-refractivity contribution in [3.8, 4) is 22.3 Å². The van der Waals surface area contributed by atoms with Crippen LogP contribution in [0.25, 0.3) is 33.2 Å². The van der Waals surface area contributed by atoms with Crippen molar-refractivity contribution in [3.63, 3.8) is 0 Å². The van der Waals surface area contributed by atoms with Crippen LogP contribution in [0.4, 0.5) is 0 Å². The maximum atomic E-state index is 12.5. The van der Waals surface area contributed by atoms with Crippen LogP contribution in [0.2, 0.25) is 0 Å². The molecule has 5 nitrogen and oxygen atoms in total. The highest BCUT2D eigenvalue weighted by molar-refractivity contribution is 7.91. The van der Waals surface area contributed by atoms with Crippen molar-refractivity contribution in [2.24, 2.45) is 5.73 Å². The van der Waals surface area contributed by atoms with Crippen molar-refractivity contribution in [1.82, 2.24) is 4.98 Å². The van der Waals surface area contributed by atoms with Gasteiger partial charge in [0.05, 0.1) is 10.3 Å². The minimum Gasteiger partial charge on any atom is -0.366 e. The summed E-state index contributed by atoms with van der Waals surface area (Å²) in [5, 5.41) is 0.873. The first-order chi connectivity index (χ1) is 15.1. The molecule has 4 aromatic rings. The number of primary amides is 1. The molecule has 0 aliphatic rings. The van der Waals surface area contributed by atoms with E-state index in [2.05, 4.69) is 4.98 Å². The lowest BCUT2D eigenvalue weighted by Gasteiger charge is -2.24. The molecular formula is C26H24N2O3S. The molecule has 4 rings (SSSR count). The van der Waals surface area contributed by atoms with Crippen LogP contribution in [-0.2, 0) is 14.6 Å². The van der Waals surface area contributed by atoms with Gasteiger partial charge in [-0.25, -0.2) is 8.42 Å². The number of nitrogens with zero attached hydrogens (tertiary/aromatic N) is 1. The molecule has 0 aliphatic heterocycles. The lowest BCUT2D eigenvalue weighted by atomic mass is 9.92. The molecule has 0 atom stereocenters. The Hall–Kier alpha value is -3.51. The van der Waals surface area contributed by atoms with Crippen molar-refractivity contribution in [2.75, 3.05) is 6.26 Å². The lowest BCUT2D eigenvalue weighted by Crippen LogP contribution is -2.28. The molecule has 0 radical (unpaired) electrons. The van der Waals surface area contributed by atoms with Gasteiger partial charge in [0.1, 0.15) is 0 Å². The summed E-state index contributed by atoms with van der Waals surface area (Å²) in [5.74, 6) is -0.478. The van der Waals surface area contributed by atoms with Gasteiger partial charge in [-0.05, 0) is 72.5 Å². The number of rotatable bonds is 5. The number of pyridine rings is 1. The number of nitrogens with two attached hydrogens (primary N) is 1. The third-order valence-electron chi connectivity index (χ3n) is 5.98. The highest BCUT2D eigenvalue weighted by atomic mass is 32.2. The molecule has 1 amide bonds. The van der Waals surface area contributed by atoms with Gasteiger partial charge in [-0.2, -0.15) is 0 Å². The van der Waals surface area contributed by atoms with E-state index >= 15 is 0 Å². The van der Waals surface area contributed by atoms with E-state index in [0.29, 0.717) is 11.1 Å². The quantitative estimate of drug-likeness (QED) is 0.472. The molecule has 0 saturated carbocycles. The minimum absolute atomic E-state index is 0.442. The Labute approximate surface area is 187 Å². The van der Waals surface area contributed by atoms with Gasteiger partial charge in [0.25, 0.3) is 0 Å². The maximum absolute atomic E-state index is 12.5. The molecule has 162 valence electrons. The molecule has 0 bridgehead atoms. The van der Waals surface area contributed by atoms with Gasteiger partial charge in [0.15, 0.2) is 9.84 Å². The summed E-state index contributed by atoms with van der Waals surface area (Å²) in [6.07, 6.45) is 2.99. The average Bonchev–Trinajstić information content (AvgIpc) is 2.77. The zero-order valence-electron chi connectivity index (χ0n) is 18.2. The standard InChI is InChI=1S/C26H24N2O3S/c1-26(2,32(3,30)31)22-15-20-11-6-12-28-24(20)23(16-22)19-9-4-7-17(13-19)18-8-5-10-21(14-18)25(27)29/h4-16H,1-3H3,(H2,27,29). The monoisotopic (exact) mass is 444 g/mol.